The zero-order chi connectivity index (χ0) is 29.9. The lowest BCUT2D eigenvalue weighted by Crippen LogP contribution is -2.85. The third-order valence-corrected chi connectivity index (χ3v) is 12.0. The lowest BCUT2D eigenvalue weighted by molar-refractivity contribution is -0.437. The molecule has 3 heterocycles. The molecule has 4 aliphatic carbocycles. The van der Waals surface area contributed by atoms with E-state index in [9.17, 15) is 29.4 Å². The molecule has 226 valence electrons. The van der Waals surface area contributed by atoms with Crippen molar-refractivity contribution in [2.45, 2.75) is 90.3 Å². The van der Waals surface area contributed by atoms with E-state index in [-0.39, 0.29) is 29.8 Å². The Morgan fingerprint density at radius 3 is 2.44 bits per heavy atom. The normalized spacial score (nSPS) is 44.0. The average Bonchev–Trinajstić information content (AvgIpc) is 3.05. The lowest BCUT2D eigenvalue weighted by Gasteiger charge is -2.73. The Morgan fingerprint density at radius 2 is 1.80 bits per heavy atom. The molecule has 10 nitrogen and oxygen atoms in total. The van der Waals surface area contributed by atoms with E-state index < -0.39 is 75.7 Å². The lowest BCUT2D eigenvalue weighted by atomic mass is 9.36. The van der Waals surface area contributed by atoms with Crippen LogP contribution in [-0.2, 0) is 28.7 Å². The molecule has 7 fully saturated rings. The molecule has 4 bridgehead atoms. The molecule has 0 aromatic carbocycles. The van der Waals surface area contributed by atoms with E-state index in [0.29, 0.717) is 51.6 Å². The van der Waals surface area contributed by atoms with Crippen LogP contribution in [0.25, 0.3) is 0 Å². The Balaban J connectivity index is 1.32. The fraction of sp³-hybridized carbons (Fsp3) is 0.806. The third-order valence-electron chi connectivity index (χ3n) is 12.0. The summed E-state index contributed by atoms with van der Waals surface area (Å²) in [5.74, 6) is -5.77. The monoisotopic (exact) mass is 572 g/mol. The van der Waals surface area contributed by atoms with E-state index in [0.717, 1.165) is 0 Å². The molecule has 3 aliphatic heterocycles. The number of piperidine rings is 1. The maximum absolute atomic E-state index is 14.2. The van der Waals surface area contributed by atoms with Crippen molar-refractivity contribution in [3.8, 4) is 0 Å². The number of likely N-dealkylation sites (tertiary alicyclic amines) is 1. The van der Waals surface area contributed by atoms with Crippen molar-refractivity contribution in [1.82, 2.24) is 4.90 Å². The molecule has 0 radical (unpaired) electrons. The van der Waals surface area contributed by atoms with Crippen molar-refractivity contribution >= 4 is 23.4 Å². The molecule has 4 saturated carbocycles. The van der Waals surface area contributed by atoms with Gasteiger partial charge in [-0.05, 0) is 54.9 Å². The van der Waals surface area contributed by atoms with Crippen LogP contribution in [-0.4, -0.2) is 82.3 Å². The van der Waals surface area contributed by atoms with Gasteiger partial charge in [-0.25, -0.2) is 0 Å². The van der Waals surface area contributed by atoms with Gasteiger partial charge in [-0.3, -0.25) is 19.2 Å². The third kappa shape index (κ3) is 3.45. The Morgan fingerprint density at radius 1 is 1.15 bits per heavy atom. The second-order valence-electron chi connectivity index (χ2n) is 14.5. The zero-order valence-electron chi connectivity index (χ0n) is 24.6. The number of carbonyl (C=O) groups is 4. The van der Waals surface area contributed by atoms with Gasteiger partial charge in [0.05, 0.1) is 24.0 Å². The number of Topliss-reactive ketones (excluding diaryl/α,β-unsaturated/α-hetero) is 2. The molecule has 1 amide bonds. The minimum atomic E-state index is -2.32. The van der Waals surface area contributed by atoms with Gasteiger partial charge in [-0.1, -0.05) is 34.3 Å². The number of carbonyl (C=O) groups excluding carboxylic acids is 4. The van der Waals surface area contributed by atoms with Crippen molar-refractivity contribution in [2.24, 2.45) is 51.6 Å². The average molecular weight is 573 g/mol. The van der Waals surface area contributed by atoms with Crippen LogP contribution >= 0.6 is 0 Å². The molecule has 4 N–H and O–H groups in total. The molecule has 3 saturated heterocycles. The number of amides is 1. The Kier molecular flexibility index (Phi) is 6.48. The molecule has 10 heteroatoms. The first-order chi connectivity index (χ1) is 19.2. The van der Waals surface area contributed by atoms with Crippen molar-refractivity contribution < 1.29 is 38.9 Å². The number of esters is 1. The number of aliphatic hydroxyl groups is 2. The van der Waals surface area contributed by atoms with Crippen molar-refractivity contribution in [3.05, 3.63) is 12.2 Å². The van der Waals surface area contributed by atoms with E-state index in [2.05, 4.69) is 6.58 Å². The SMILES string of the molecule is C=C1C(=O)[C@]23[C@H](OC(=O)C4CCN(C(=O)[C@H](N)C(C)C)CC4)[C@H]1CC[C@H]2[C@@]12CO[C@]3(O)[C@@H](O)C1C(C)(C)CCC2=O. The highest BCUT2D eigenvalue weighted by atomic mass is 16.6. The first kappa shape index (κ1) is 29.0. The number of fused-ring (bicyclic) bond motifs is 2. The standard InChI is InChI=1S/C31H44N2O8/c1-15(2)21(32)26(37)33-12-9-17(10-13-33)27(38)41-25-18-6-7-19-29-14-40-31(39,30(19,25)23(35)16(18)3)24(36)22(29)28(4,5)11-8-20(29)34/h15,17-19,21-22,24-25,36,39H,3,6-14,32H2,1-2,4-5H3/t18-,19-,21+,22?,24-,25+,29+,30-,31+/m0/s1. The topological polar surface area (TPSA) is 156 Å². The summed E-state index contributed by atoms with van der Waals surface area (Å²) >= 11 is 0. The maximum Gasteiger partial charge on any atom is 0.309 e. The van der Waals surface area contributed by atoms with Crippen LogP contribution in [0.5, 0.6) is 0 Å². The highest BCUT2D eigenvalue weighted by molar-refractivity contribution is 6.06. The molecule has 1 unspecified atom stereocenters. The molecule has 2 spiro atoms. The van der Waals surface area contributed by atoms with E-state index in [1.165, 1.54) is 0 Å². The molecular formula is C31H44N2O8. The smallest absolute Gasteiger partial charge is 0.309 e. The van der Waals surface area contributed by atoms with Gasteiger partial charge in [0.1, 0.15) is 23.4 Å². The number of ether oxygens (including phenoxy) is 2. The van der Waals surface area contributed by atoms with Crippen molar-refractivity contribution in [1.29, 1.82) is 0 Å². The molecule has 7 rings (SSSR count). The van der Waals surface area contributed by atoms with E-state index in [4.69, 9.17) is 15.2 Å². The predicted molar refractivity (Wildman–Crippen MR) is 146 cm³/mol. The van der Waals surface area contributed by atoms with Gasteiger partial charge < -0.3 is 30.3 Å². The van der Waals surface area contributed by atoms with Gasteiger partial charge in [0, 0.05) is 31.3 Å². The number of aliphatic hydroxyl groups excluding tert-OH is 1. The van der Waals surface area contributed by atoms with Crippen LogP contribution in [0.3, 0.4) is 0 Å². The van der Waals surface area contributed by atoms with Crippen LogP contribution < -0.4 is 5.73 Å². The summed E-state index contributed by atoms with van der Waals surface area (Å²) in [6.07, 6.45) is -0.0126. The van der Waals surface area contributed by atoms with Crippen molar-refractivity contribution in [2.75, 3.05) is 19.7 Å². The summed E-state index contributed by atoms with van der Waals surface area (Å²) < 4.78 is 12.2. The summed E-state index contributed by atoms with van der Waals surface area (Å²) in [6, 6.07) is -0.603. The fourth-order valence-corrected chi connectivity index (χ4v) is 9.82. The second-order valence-corrected chi connectivity index (χ2v) is 14.5. The van der Waals surface area contributed by atoms with Crippen LogP contribution in [0.1, 0.15) is 66.2 Å². The zero-order valence-corrected chi connectivity index (χ0v) is 24.6. The van der Waals surface area contributed by atoms with Crippen LogP contribution in [0, 0.1) is 45.8 Å². The quantitative estimate of drug-likeness (QED) is 0.334. The predicted octanol–water partition coefficient (Wildman–Crippen LogP) is 1.36. The minimum Gasteiger partial charge on any atom is -0.460 e. The molecule has 0 aromatic heterocycles. The number of hydrogen-bond donors (Lipinski definition) is 3. The largest absolute Gasteiger partial charge is 0.460 e. The van der Waals surface area contributed by atoms with Gasteiger partial charge in [0.15, 0.2) is 5.78 Å². The number of nitrogens with two attached hydrogens (primary N) is 1. The van der Waals surface area contributed by atoms with Gasteiger partial charge >= 0.3 is 5.97 Å². The molecule has 0 aromatic rings. The minimum absolute atomic E-state index is 0.000290. The van der Waals surface area contributed by atoms with Crippen molar-refractivity contribution in [3.63, 3.8) is 0 Å². The summed E-state index contributed by atoms with van der Waals surface area (Å²) in [5.41, 5.74) is 2.86. The van der Waals surface area contributed by atoms with E-state index in [1.807, 2.05) is 27.7 Å². The van der Waals surface area contributed by atoms with Gasteiger partial charge in [-0.2, -0.15) is 0 Å². The second kappa shape index (κ2) is 9.18. The summed E-state index contributed by atoms with van der Waals surface area (Å²) in [4.78, 5) is 56.2. The number of hydrogen-bond acceptors (Lipinski definition) is 9. The number of ketones is 2. The fourth-order valence-electron chi connectivity index (χ4n) is 9.82. The highest BCUT2D eigenvalue weighted by Gasteiger charge is 2.88. The van der Waals surface area contributed by atoms with Gasteiger partial charge in [-0.15, -0.1) is 0 Å². The summed E-state index contributed by atoms with van der Waals surface area (Å²) in [7, 11) is 0. The number of nitrogens with zero attached hydrogens (tertiary/aromatic N) is 1. The van der Waals surface area contributed by atoms with Crippen LogP contribution in [0.15, 0.2) is 12.2 Å². The molecular weight excluding hydrogens is 528 g/mol. The number of rotatable bonds is 4. The Labute approximate surface area is 241 Å². The first-order valence-corrected chi connectivity index (χ1v) is 15.2. The molecule has 41 heavy (non-hydrogen) atoms. The van der Waals surface area contributed by atoms with E-state index in [1.54, 1.807) is 4.90 Å². The maximum atomic E-state index is 14.2. The molecule has 9 atom stereocenters. The van der Waals surface area contributed by atoms with Crippen LogP contribution in [0.4, 0.5) is 0 Å². The molecule has 7 aliphatic rings. The van der Waals surface area contributed by atoms with Gasteiger partial charge in [0.25, 0.3) is 0 Å². The Hall–Kier alpha value is -2.14. The van der Waals surface area contributed by atoms with Gasteiger partial charge in [0.2, 0.25) is 11.7 Å². The highest BCUT2D eigenvalue weighted by Crippen LogP contribution is 2.76. The first-order valence-electron chi connectivity index (χ1n) is 15.2. The summed E-state index contributed by atoms with van der Waals surface area (Å²) in [5, 5.41) is 24.1. The summed E-state index contributed by atoms with van der Waals surface area (Å²) in [6.45, 7) is 12.5. The van der Waals surface area contributed by atoms with E-state index >= 15 is 0 Å². The Bertz CT molecular complexity index is 1210. The van der Waals surface area contributed by atoms with Crippen LogP contribution in [0.2, 0.25) is 0 Å².